The Bertz CT molecular complexity index is 269. The molecule has 0 aromatic heterocycles. The van der Waals surface area contributed by atoms with Crippen LogP contribution in [-0.2, 0) is 9.53 Å². The van der Waals surface area contributed by atoms with Crippen LogP contribution in [0.2, 0.25) is 0 Å². The second-order valence-corrected chi connectivity index (χ2v) is 5.68. The number of rotatable bonds is 1. The fraction of sp³-hybridized carbons (Fsp3) is 0.909. The van der Waals surface area contributed by atoms with Crippen molar-refractivity contribution in [1.82, 2.24) is 0 Å². The summed E-state index contributed by atoms with van der Waals surface area (Å²) in [5.74, 6) is 0.903. The Morgan fingerprint density at radius 1 is 1.50 bits per heavy atom. The van der Waals surface area contributed by atoms with Crippen LogP contribution in [0.5, 0.6) is 0 Å². The van der Waals surface area contributed by atoms with E-state index >= 15 is 0 Å². The van der Waals surface area contributed by atoms with Crippen LogP contribution in [0.25, 0.3) is 0 Å². The van der Waals surface area contributed by atoms with E-state index in [1.165, 1.54) is 0 Å². The summed E-state index contributed by atoms with van der Waals surface area (Å²) in [5.41, 5.74) is 5.03. The van der Waals surface area contributed by atoms with E-state index in [1.54, 1.807) is 0 Å². The van der Waals surface area contributed by atoms with Crippen molar-refractivity contribution < 1.29 is 9.53 Å². The molecule has 0 radical (unpaired) electrons. The van der Waals surface area contributed by atoms with Gasteiger partial charge in [-0.1, -0.05) is 0 Å². The summed E-state index contributed by atoms with van der Waals surface area (Å²) in [6.45, 7) is 5.65. The van der Waals surface area contributed by atoms with Gasteiger partial charge in [0.2, 0.25) is 0 Å². The van der Waals surface area contributed by atoms with E-state index in [2.05, 4.69) is 0 Å². The monoisotopic (exact) mass is 197 g/mol. The Morgan fingerprint density at radius 3 is 2.50 bits per heavy atom. The van der Waals surface area contributed by atoms with Gasteiger partial charge in [0.25, 0.3) is 0 Å². The lowest BCUT2D eigenvalue weighted by Crippen LogP contribution is -2.51. The normalized spacial score (nSPS) is 40.6. The summed E-state index contributed by atoms with van der Waals surface area (Å²) in [4.78, 5) is 11.9. The first-order chi connectivity index (χ1) is 6.33. The quantitative estimate of drug-likeness (QED) is 0.647. The molecule has 0 amide bonds. The molecule has 2 saturated carbocycles. The Labute approximate surface area is 85.0 Å². The van der Waals surface area contributed by atoms with E-state index in [0.717, 1.165) is 19.3 Å². The second-order valence-electron chi connectivity index (χ2n) is 5.68. The van der Waals surface area contributed by atoms with Gasteiger partial charge in [-0.2, -0.15) is 0 Å². The van der Waals surface area contributed by atoms with Gasteiger partial charge >= 0.3 is 5.97 Å². The smallest absolute Gasteiger partial charge is 0.326 e. The number of hydrogen-bond acceptors (Lipinski definition) is 3. The summed E-state index contributed by atoms with van der Waals surface area (Å²) < 4.78 is 5.36. The summed E-state index contributed by atoms with van der Waals surface area (Å²) in [5, 5.41) is 0. The third kappa shape index (κ3) is 1.54. The van der Waals surface area contributed by atoms with Gasteiger partial charge in [0.05, 0.1) is 0 Å². The van der Waals surface area contributed by atoms with Crippen LogP contribution >= 0.6 is 0 Å². The van der Waals surface area contributed by atoms with E-state index in [-0.39, 0.29) is 5.97 Å². The van der Waals surface area contributed by atoms with Gasteiger partial charge in [-0.25, -0.2) is 0 Å². The van der Waals surface area contributed by atoms with Gasteiger partial charge in [-0.15, -0.1) is 0 Å². The van der Waals surface area contributed by atoms with Gasteiger partial charge in [0, 0.05) is 0 Å². The van der Waals surface area contributed by atoms with Crippen LogP contribution in [-0.4, -0.2) is 17.1 Å². The first-order valence-corrected chi connectivity index (χ1v) is 5.35. The molecule has 2 N–H and O–H groups in total. The topological polar surface area (TPSA) is 52.3 Å². The van der Waals surface area contributed by atoms with Crippen molar-refractivity contribution in [1.29, 1.82) is 0 Å². The molecule has 0 aromatic rings. The van der Waals surface area contributed by atoms with Crippen LogP contribution in [0.15, 0.2) is 0 Å². The van der Waals surface area contributed by atoms with Crippen LogP contribution in [0.4, 0.5) is 0 Å². The third-order valence-corrected chi connectivity index (χ3v) is 3.29. The molecule has 0 aromatic carbocycles. The molecule has 0 aliphatic heterocycles. The minimum absolute atomic E-state index is 0.199. The van der Waals surface area contributed by atoms with Crippen LogP contribution in [0.3, 0.4) is 0 Å². The molecular formula is C11H19NO2. The highest BCUT2D eigenvalue weighted by Crippen LogP contribution is 2.56. The van der Waals surface area contributed by atoms with Crippen molar-refractivity contribution in [3.8, 4) is 0 Å². The first kappa shape index (κ1) is 9.97. The zero-order chi connectivity index (χ0) is 10.6. The largest absolute Gasteiger partial charge is 0.459 e. The number of nitrogens with two attached hydrogens (primary N) is 1. The highest BCUT2D eigenvalue weighted by molar-refractivity contribution is 5.82. The fourth-order valence-corrected chi connectivity index (χ4v) is 2.43. The van der Waals surface area contributed by atoms with E-state index in [0.29, 0.717) is 11.8 Å². The molecule has 0 saturated heterocycles. The molecule has 0 heterocycles. The highest BCUT2D eigenvalue weighted by atomic mass is 16.6. The average Bonchev–Trinajstić information content (AvgIpc) is 2.70. The lowest BCUT2D eigenvalue weighted by molar-refractivity contribution is -0.162. The van der Waals surface area contributed by atoms with E-state index in [9.17, 15) is 4.79 Å². The molecule has 2 aliphatic carbocycles. The van der Waals surface area contributed by atoms with Crippen molar-refractivity contribution in [3.63, 3.8) is 0 Å². The standard InChI is InChI=1S/C11H19NO2/c1-10(2,3)14-9(13)11(12)5-4-7-6-8(7)11/h7-8H,4-6,12H2,1-3H3. The molecule has 80 valence electrons. The minimum atomic E-state index is -0.669. The molecule has 14 heavy (non-hydrogen) atoms. The van der Waals surface area contributed by atoms with Gasteiger partial charge in [0.1, 0.15) is 11.1 Å². The first-order valence-electron chi connectivity index (χ1n) is 5.35. The van der Waals surface area contributed by atoms with Crippen LogP contribution < -0.4 is 5.73 Å². The van der Waals surface area contributed by atoms with Crippen molar-refractivity contribution in [3.05, 3.63) is 0 Å². The maximum Gasteiger partial charge on any atom is 0.326 e. The zero-order valence-corrected chi connectivity index (χ0v) is 9.17. The maximum absolute atomic E-state index is 11.9. The molecular weight excluding hydrogens is 178 g/mol. The third-order valence-electron chi connectivity index (χ3n) is 3.29. The summed E-state index contributed by atoms with van der Waals surface area (Å²) in [6.07, 6.45) is 3.02. The predicted molar refractivity (Wildman–Crippen MR) is 53.6 cm³/mol. The SMILES string of the molecule is CC(C)(C)OC(=O)C1(N)CCC2CC21. The molecule has 2 rings (SSSR count). The van der Waals surface area contributed by atoms with E-state index in [1.807, 2.05) is 20.8 Å². The molecule has 3 atom stereocenters. The lowest BCUT2D eigenvalue weighted by Gasteiger charge is -2.29. The van der Waals surface area contributed by atoms with Gasteiger partial charge in [-0.3, -0.25) is 4.79 Å². The Balaban J connectivity index is 2.04. The Kier molecular flexibility index (Phi) is 1.94. The van der Waals surface area contributed by atoms with Gasteiger partial charge in [0.15, 0.2) is 0 Å². The molecule has 2 fully saturated rings. The zero-order valence-electron chi connectivity index (χ0n) is 9.17. The van der Waals surface area contributed by atoms with Crippen LogP contribution in [0.1, 0.15) is 40.0 Å². The summed E-state index contributed by atoms with van der Waals surface area (Å²) in [6, 6.07) is 0. The van der Waals surface area contributed by atoms with Crippen molar-refractivity contribution in [2.45, 2.75) is 51.2 Å². The Hall–Kier alpha value is -0.570. The fourth-order valence-electron chi connectivity index (χ4n) is 2.43. The molecule has 0 spiro atoms. The summed E-state index contributed by atoms with van der Waals surface area (Å²) in [7, 11) is 0. The summed E-state index contributed by atoms with van der Waals surface area (Å²) >= 11 is 0. The van der Waals surface area contributed by atoms with Crippen molar-refractivity contribution >= 4 is 5.97 Å². The number of hydrogen-bond donors (Lipinski definition) is 1. The van der Waals surface area contributed by atoms with E-state index < -0.39 is 11.1 Å². The van der Waals surface area contributed by atoms with Crippen molar-refractivity contribution in [2.24, 2.45) is 17.6 Å². The number of fused-ring (bicyclic) bond motifs is 1. The second kappa shape index (κ2) is 2.72. The highest BCUT2D eigenvalue weighted by Gasteiger charge is 2.60. The molecule has 0 bridgehead atoms. The van der Waals surface area contributed by atoms with Crippen molar-refractivity contribution in [2.75, 3.05) is 0 Å². The number of carbonyl (C=O) groups is 1. The predicted octanol–water partition coefficient (Wildman–Crippen LogP) is 1.46. The maximum atomic E-state index is 11.9. The number of esters is 1. The molecule has 3 nitrogen and oxygen atoms in total. The number of carbonyl (C=O) groups excluding carboxylic acids is 1. The molecule has 3 unspecified atom stereocenters. The number of ether oxygens (including phenoxy) is 1. The van der Waals surface area contributed by atoms with E-state index in [4.69, 9.17) is 10.5 Å². The lowest BCUT2D eigenvalue weighted by atomic mass is 9.94. The van der Waals surface area contributed by atoms with Crippen LogP contribution in [0, 0.1) is 11.8 Å². The van der Waals surface area contributed by atoms with Gasteiger partial charge in [-0.05, 0) is 51.9 Å². The minimum Gasteiger partial charge on any atom is -0.459 e. The average molecular weight is 197 g/mol. The molecule has 3 heteroatoms. The van der Waals surface area contributed by atoms with Gasteiger partial charge < -0.3 is 10.5 Å². The Morgan fingerprint density at radius 2 is 2.14 bits per heavy atom. The molecule has 2 aliphatic rings.